The predicted molar refractivity (Wildman–Crippen MR) is 80.6 cm³/mol. The van der Waals surface area contributed by atoms with Crippen LogP contribution in [0.1, 0.15) is 46.5 Å². The van der Waals surface area contributed by atoms with Crippen LogP contribution in [-0.2, 0) is 14.3 Å². The molecule has 3 unspecified atom stereocenters. The molecule has 118 valence electrons. The monoisotopic (exact) mass is 306 g/mol. The van der Waals surface area contributed by atoms with Crippen LogP contribution in [0.3, 0.4) is 0 Å². The summed E-state index contributed by atoms with van der Waals surface area (Å²) in [5.74, 6) is -0.796. The van der Waals surface area contributed by atoms with E-state index in [4.69, 9.17) is 10.5 Å². The van der Waals surface area contributed by atoms with E-state index in [1.165, 1.54) is 0 Å². The van der Waals surface area contributed by atoms with Crippen LogP contribution in [-0.4, -0.2) is 30.6 Å². The number of ether oxygens (including phenoxy) is 1. The van der Waals surface area contributed by atoms with Gasteiger partial charge >= 0.3 is 5.97 Å². The van der Waals surface area contributed by atoms with E-state index in [0.717, 1.165) is 25.7 Å². The molecule has 1 aliphatic carbocycles. The molecule has 1 amide bonds. The van der Waals surface area contributed by atoms with Crippen molar-refractivity contribution in [1.82, 2.24) is 5.32 Å². The molecule has 3 N–H and O–H groups in total. The Kier molecular flexibility index (Phi) is 8.13. The Balaban J connectivity index is 0.00000361. The summed E-state index contributed by atoms with van der Waals surface area (Å²) < 4.78 is 4.91. The zero-order valence-electron chi connectivity index (χ0n) is 12.6. The van der Waals surface area contributed by atoms with Crippen molar-refractivity contribution in [3.63, 3.8) is 0 Å². The van der Waals surface area contributed by atoms with Crippen LogP contribution in [0.4, 0.5) is 0 Å². The van der Waals surface area contributed by atoms with Crippen LogP contribution in [0.25, 0.3) is 0 Å². The third kappa shape index (κ3) is 5.29. The molecule has 0 radical (unpaired) electrons. The van der Waals surface area contributed by atoms with Crippen molar-refractivity contribution in [2.45, 2.75) is 52.0 Å². The molecular formula is C14H27ClN2O3. The second-order valence-corrected chi connectivity index (χ2v) is 5.70. The molecule has 5 nitrogen and oxygen atoms in total. The van der Waals surface area contributed by atoms with E-state index in [2.05, 4.69) is 5.32 Å². The van der Waals surface area contributed by atoms with Crippen molar-refractivity contribution >= 4 is 24.3 Å². The molecule has 0 spiro atoms. The average molecular weight is 307 g/mol. The van der Waals surface area contributed by atoms with Gasteiger partial charge in [-0.3, -0.25) is 9.59 Å². The van der Waals surface area contributed by atoms with Gasteiger partial charge in [0, 0.05) is 12.1 Å². The normalized spacial score (nSPS) is 27.1. The number of halogens is 1. The highest BCUT2D eigenvalue weighted by atomic mass is 35.5. The number of amides is 1. The van der Waals surface area contributed by atoms with E-state index in [9.17, 15) is 9.59 Å². The van der Waals surface area contributed by atoms with Gasteiger partial charge < -0.3 is 15.8 Å². The number of hydrogen-bond donors (Lipinski definition) is 2. The Morgan fingerprint density at radius 3 is 2.65 bits per heavy atom. The van der Waals surface area contributed by atoms with E-state index in [-0.39, 0.29) is 36.1 Å². The lowest BCUT2D eigenvalue weighted by Crippen LogP contribution is -2.53. The molecule has 20 heavy (non-hydrogen) atoms. The summed E-state index contributed by atoms with van der Waals surface area (Å²) in [6.07, 6.45) is 3.82. The van der Waals surface area contributed by atoms with E-state index < -0.39 is 5.54 Å². The fourth-order valence-corrected chi connectivity index (χ4v) is 2.53. The smallest absolute Gasteiger partial charge is 0.310 e. The first-order valence-electron chi connectivity index (χ1n) is 7.11. The predicted octanol–water partition coefficient (Wildman–Crippen LogP) is 1.63. The molecule has 0 aromatic heterocycles. The number of rotatable bonds is 5. The molecule has 6 heteroatoms. The second-order valence-electron chi connectivity index (χ2n) is 5.70. The number of carbonyl (C=O) groups excluding carboxylic acids is 2. The van der Waals surface area contributed by atoms with Crippen LogP contribution in [0.2, 0.25) is 0 Å². The Hall–Kier alpha value is -0.810. The third-order valence-corrected chi connectivity index (χ3v) is 3.84. The van der Waals surface area contributed by atoms with E-state index in [0.29, 0.717) is 13.2 Å². The average Bonchev–Trinajstić information content (AvgIpc) is 2.35. The quantitative estimate of drug-likeness (QED) is 0.756. The topological polar surface area (TPSA) is 81.4 Å². The molecule has 3 atom stereocenters. The fraction of sp³-hybridized carbons (Fsp3) is 0.857. The summed E-state index contributed by atoms with van der Waals surface area (Å²) in [7, 11) is 0. The highest BCUT2D eigenvalue weighted by molar-refractivity contribution is 5.85. The first-order chi connectivity index (χ1) is 8.88. The number of nitrogens with two attached hydrogens (primary N) is 1. The van der Waals surface area contributed by atoms with Crippen molar-refractivity contribution in [3.8, 4) is 0 Å². The van der Waals surface area contributed by atoms with Gasteiger partial charge in [-0.05, 0) is 26.7 Å². The third-order valence-electron chi connectivity index (χ3n) is 3.84. The van der Waals surface area contributed by atoms with Crippen molar-refractivity contribution in [3.05, 3.63) is 0 Å². The van der Waals surface area contributed by atoms with Crippen LogP contribution >= 0.6 is 12.4 Å². The van der Waals surface area contributed by atoms with Gasteiger partial charge in [0.15, 0.2) is 0 Å². The molecule has 0 saturated heterocycles. The van der Waals surface area contributed by atoms with Crippen molar-refractivity contribution in [2.24, 2.45) is 17.6 Å². The minimum atomic E-state index is -0.435. The SMILES string of the molecule is CCOC(=O)C(C)CNC(=O)C1CCCCC1(C)N.Cl. The van der Waals surface area contributed by atoms with Gasteiger partial charge in [-0.1, -0.05) is 19.8 Å². The lowest BCUT2D eigenvalue weighted by molar-refractivity contribution is -0.147. The maximum atomic E-state index is 12.2. The summed E-state index contributed by atoms with van der Waals surface area (Å²) in [5.41, 5.74) is 5.75. The second kappa shape index (κ2) is 8.47. The Morgan fingerprint density at radius 1 is 1.45 bits per heavy atom. The summed E-state index contributed by atoms with van der Waals surface area (Å²) in [5, 5.41) is 2.83. The molecule has 1 rings (SSSR count). The number of nitrogens with one attached hydrogen (secondary N) is 1. The molecular weight excluding hydrogens is 280 g/mol. The number of carbonyl (C=O) groups is 2. The van der Waals surface area contributed by atoms with Gasteiger partial charge in [-0.2, -0.15) is 0 Å². The van der Waals surface area contributed by atoms with E-state index in [1.807, 2.05) is 6.92 Å². The Morgan fingerprint density at radius 2 is 2.10 bits per heavy atom. The highest BCUT2D eigenvalue weighted by Gasteiger charge is 2.37. The molecule has 1 saturated carbocycles. The molecule has 0 aromatic carbocycles. The van der Waals surface area contributed by atoms with E-state index >= 15 is 0 Å². The largest absolute Gasteiger partial charge is 0.466 e. The van der Waals surface area contributed by atoms with Crippen molar-refractivity contribution < 1.29 is 14.3 Å². The summed E-state index contributed by atoms with van der Waals surface area (Å²) in [4.78, 5) is 23.6. The summed E-state index contributed by atoms with van der Waals surface area (Å²) in [6.45, 7) is 6.13. The highest BCUT2D eigenvalue weighted by Crippen LogP contribution is 2.31. The number of esters is 1. The Bertz CT molecular complexity index is 334. The van der Waals surface area contributed by atoms with Gasteiger partial charge in [-0.25, -0.2) is 0 Å². The molecule has 0 aromatic rings. The maximum Gasteiger partial charge on any atom is 0.310 e. The maximum absolute atomic E-state index is 12.2. The Labute approximate surface area is 127 Å². The summed E-state index contributed by atoms with van der Waals surface area (Å²) in [6, 6.07) is 0. The van der Waals surface area contributed by atoms with Gasteiger partial charge in [0.2, 0.25) is 5.91 Å². The number of hydrogen-bond acceptors (Lipinski definition) is 4. The first kappa shape index (κ1) is 19.2. The van der Waals surface area contributed by atoms with Gasteiger partial charge in [-0.15, -0.1) is 12.4 Å². The van der Waals surface area contributed by atoms with Crippen LogP contribution < -0.4 is 11.1 Å². The zero-order chi connectivity index (χ0) is 14.5. The first-order valence-corrected chi connectivity index (χ1v) is 7.11. The van der Waals surface area contributed by atoms with Crippen molar-refractivity contribution in [1.29, 1.82) is 0 Å². The van der Waals surface area contributed by atoms with Crippen LogP contribution in [0.15, 0.2) is 0 Å². The van der Waals surface area contributed by atoms with Crippen LogP contribution in [0.5, 0.6) is 0 Å². The molecule has 0 heterocycles. The lowest BCUT2D eigenvalue weighted by Gasteiger charge is -2.37. The minimum absolute atomic E-state index is 0. The molecule has 1 aliphatic rings. The van der Waals surface area contributed by atoms with Gasteiger partial charge in [0.05, 0.1) is 18.4 Å². The van der Waals surface area contributed by atoms with Crippen LogP contribution in [0, 0.1) is 11.8 Å². The van der Waals surface area contributed by atoms with Gasteiger partial charge in [0.1, 0.15) is 0 Å². The molecule has 1 fully saturated rings. The van der Waals surface area contributed by atoms with Gasteiger partial charge in [0.25, 0.3) is 0 Å². The molecule has 0 aliphatic heterocycles. The van der Waals surface area contributed by atoms with E-state index in [1.54, 1.807) is 13.8 Å². The van der Waals surface area contributed by atoms with Crippen molar-refractivity contribution in [2.75, 3.05) is 13.2 Å². The standard InChI is InChI=1S/C14H26N2O3.ClH/c1-4-19-13(18)10(2)9-16-12(17)11-7-5-6-8-14(11,3)15;/h10-11H,4-9,15H2,1-3H3,(H,16,17);1H. The minimum Gasteiger partial charge on any atom is -0.466 e. The molecule has 0 bridgehead atoms. The zero-order valence-corrected chi connectivity index (χ0v) is 13.4. The lowest BCUT2D eigenvalue weighted by atomic mass is 9.74. The fourth-order valence-electron chi connectivity index (χ4n) is 2.53. The summed E-state index contributed by atoms with van der Waals surface area (Å²) >= 11 is 0.